The minimum Gasteiger partial charge on any atom is -0.508 e. The Morgan fingerprint density at radius 3 is 2.83 bits per heavy atom. The van der Waals surface area contributed by atoms with E-state index in [2.05, 4.69) is 15.3 Å². The van der Waals surface area contributed by atoms with E-state index in [0.29, 0.717) is 11.5 Å². The summed E-state index contributed by atoms with van der Waals surface area (Å²) in [5.74, 6) is 1.59. The molecule has 1 aromatic heterocycles. The summed E-state index contributed by atoms with van der Waals surface area (Å²) in [5.41, 5.74) is 3.21. The molecule has 0 saturated heterocycles. The summed E-state index contributed by atoms with van der Waals surface area (Å²) < 4.78 is 0. The number of benzene rings is 2. The van der Waals surface area contributed by atoms with Gasteiger partial charge in [-0.25, -0.2) is 4.98 Å². The SMILES string of the molecule is O=C(Cc1ccccc1O)Nc1ccc2nc(C3CCC3)[nH]c2c1. The van der Waals surface area contributed by atoms with Crippen molar-refractivity contribution in [3.05, 3.63) is 53.9 Å². The van der Waals surface area contributed by atoms with Crippen LogP contribution in [0.15, 0.2) is 42.5 Å². The van der Waals surface area contributed by atoms with E-state index in [1.54, 1.807) is 24.3 Å². The fourth-order valence-corrected chi connectivity index (χ4v) is 3.02. The number of imidazole rings is 1. The highest BCUT2D eigenvalue weighted by Gasteiger charge is 2.22. The van der Waals surface area contributed by atoms with E-state index in [4.69, 9.17) is 0 Å². The number of aromatic amines is 1. The summed E-state index contributed by atoms with van der Waals surface area (Å²) in [6.07, 6.45) is 3.81. The van der Waals surface area contributed by atoms with Gasteiger partial charge in [0.15, 0.2) is 0 Å². The zero-order valence-electron chi connectivity index (χ0n) is 13.2. The number of aromatic hydroxyl groups is 1. The molecule has 5 nitrogen and oxygen atoms in total. The molecular weight excluding hydrogens is 302 g/mol. The van der Waals surface area contributed by atoms with Crippen molar-refractivity contribution in [1.29, 1.82) is 0 Å². The van der Waals surface area contributed by atoms with E-state index in [9.17, 15) is 9.90 Å². The summed E-state index contributed by atoms with van der Waals surface area (Å²) in [7, 11) is 0. The van der Waals surface area contributed by atoms with Crippen molar-refractivity contribution >= 4 is 22.6 Å². The Labute approximate surface area is 139 Å². The minimum atomic E-state index is -0.158. The molecule has 1 fully saturated rings. The van der Waals surface area contributed by atoms with Crippen molar-refractivity contribution in [1.82, 2.24) is 9.97 Å². The maximum absolute atomic E-state index is 12.2. The van der Waals surface area contributed by atoms with Crippen LogP contribution in [-0.4, -0.2) is 21.0 Å². The average Bonchev–Trinajstić information content (AvgIpc) is 2.90. The van der Waals surface area contributed by atoms with Crippen LogP contribution in [0.3, 0.4) is 0 Å². The van der Waals surface area contributed by atoms with Gasteiger partial charge >= 0.3 is 0 Å². The van der Waals surface area contributed by atoms with Crippen LogP contribution in [0.25, 0.3) is 11.0 Å². The lowest BCUT2D eigenvalue weighted by Crippen LogP contribution is -2.14. The van der Waals surface area contributed by atoms with Crippen LogP contribution in [0.5, 0.6) is 5.75 Å². The number of hydrogen-bond donors (Lipinski definition) is 3. The van der Waals surface area contributed by atoms with Crippen LogP contribution in [-0.2, 0) is 11.2 Å². The summed E-state index contributed by atoms with van der Waals surface area (Å²) in [6, 6.07) is 12.6. The van der Waals surface area contributed by atoms with Crippen molar-refractivity contribution in [3.63, 3.8) is 0 Å². The van der Waals surface area contributed by atoms with Gasteiger partial charge in [0, 0.05) is 17.2 Å². The highest BCUT2D eigenvalue weighted by Crippen LogP contribution is 2.35. The van der Waals surface area contributed by atoms with Gasteiger partial charge in [-0.2, -0.15) is 0 Å². The first kappa shape index (κ1) is 14.8. The number of fused-ring (bicyclic) bond motifs is 1. The largest absolute Gasteiger partial charge is 0.508 e. The number of H-pyrrole nitrogens is 1. The van der Waals surface area contributed by atoms with E-state index >= 15 is 0 Å². The van der Waals surface area contributed by atoms with Gasteiger partial charge in [-0.15, -0.1) is 0 Å². The molecule has 1 saturated carbocycles. The first-order valence-electron chi connectivity index (χ1n) is 8.25. The molecule has 3 aromatic rings. The number of phenols is 1. The minimum absolute atomic E-state index is 0.140. The molecule has 1 amide bonds. The maximum Gasteiger partial charge on any atom is 0.228 e. The molecule has 1 aliphatic carbocycles. The third-order valence-electron chi connectivity index (χ3n) is 4.62. The van der Waals surface area contributed by atoms with Gasteiger partial charge in [-0.3, -0.25) is 4.79 Å². The number of nitrogens with zero attached hydrogens (tertiary/aromatic N) is 1. The number of phenolic OH excluding ortho intramolecular Hbond substituents is 1. The second-order valence-electron chi connectivity index (χ2n) is 6.34. The Balaban J connectivity index is 1.49. The Bertz CT molecular complexity index is 897. The maximum atomic E-state index is 12.2. The lowest BCUT2D eigenvalue weighted by molar-refractivity contribution is -0.115. The monoisotopic (exact) mass is 321 g/mol. The smallest absolute Gasteiger partial charge is 0.228 e. The Morgan fingerprint density at radius 1 is 1.25 bits per heavy atom. The fourth-order valence-electron chi connectivity index (χ4n) is 3.02. The van der Waals surface area contributed by atoms with Gasteiger partial charge in [-0.05, 0) is 37.1 Å². The van der Waals surface area contributed by atoms with Gasteiger partial charge in [0.05, 0.1) is 17.5 Å². The van der Waals surface area contributed by atoms with Crippen LogP contribution >= 0.6 is 0 Å². The molecule has 0 bridgehead atoms. The summed E-state index contributed by atoms with van der Waals surface area (Å²) >= 11 is 0. The molecule has 0 aliphatic heterocycles. The van der Waals surface area contributed by atoms with Gasteiger partial charge in [0.2, 0.25) is 5.91 Å². The third-order valence-corrected chi connectivity index (χ3v) is 4.62. The summed E-state index contributed by atoms with van der Waals surface area (Å²) in [6.45, 7) is 0. The lowest BCUT2D eigenvalue weighted by atomic mass is 9.85. The van der Waals surface area contributed by atoms with Crippen LogP contribution in [0.1, 0.15) is 36.6 Å². The van der Waals surface area contributed by atoms with Crippen LogP contribution < -0.4 is 5.32 Å². The van der Waals surface area contributed by atoms with E-state index in [1.165, 1.54) is 19.3 Å². The van der Waals surface area contributed by atoms with Crippen molar-refractivity contribution < 1.29 is 9.90 Å². The Morgan fingerprint density at radius 2 is 2.08 bits per heavy atom. The number of anilines is 1. The van der Waals surface area contributed by atoms with Crippen LogP contribution in [0, 0.1) is 0 Å². The van der Waals surface area contributed by atoms with Crippen molar-refractivity contribution in [2.45, 2.75) is 31.6 Å². The molecule has 24 heavy (non-hydrogen) atoms. The third kappa shape index (κ3) is 2.85. The van der Waals surface area contributed by atoms with Gasteiger partial charge in [-0.1, -0.05) is 24.6 Å². The van der Waals surface area contributed by atoms with Crippen molar-refractivity contribution in [2.24, 2.45) is 0 Å². The topological polar surface area (TPSA) is 78.0 Å². The number of carbonyl (C=O) groups is 1. The molecular formula is C19H19N3O2. The molecule has 0 unspecified atom stereocenters. The van der Waals surface area contributed by atoms with Gasteiger partial charge in [0.25, 0.3) is 0 Å². The predicted octanol–water partition coefficient (Wildman–Crippen LogP) is 3.72. The quantitative estimate of drug-likeness (QED) is 0.685. The molecule has 4 rings (SSSR count). The van der Waals surface area contributed by atoms with Crippen LogP contribution in [0.4, 0.5) is 5.69 Å². The number of carbonyl (C=O) groups excluding carboxylic acids is 1. The molecule has 0 radical (unpaired) electrons. The van der Waals surface area contributed by atoms with Crippen molar-refractivity contribution in [2.75, 3.05) is 5.32 Å². The highest BCUT2D eigenvalue weighted by molar-refractivity contribution is 5.94. The number of aromatic nitrogens is 2. The molecule has 0 atom stereocenters. The van der Waals surface area contributed by atoms with Crippen molar-refractivity contribution in [3.8, 4) is 5.75 Å². The molecule has 1 aliphatic rings. The van der Waals surface area contributed by atoms with E-state index in [1.807, 2.05) is 18.2 Å². The summed E-state index contributed by atoms with van der Waals surface area (Å²) in [5, 5.41) is 12.6. The average molecular weight is 321 g/mol. The normalized spacial score (nSPS) is 14.5. The number of para-hydroxylation sites is 1. The second-order valence-corrected chi connectivity index (χ2v) is 6.34. The molecule has 1 heterocycles. The fraction of sp³-hybridized carbons (Fsp3) is 0.263. The Kier molecular flexibility index (Phi) is 3.69. The number of rotatable bonds is 4. The molecule has 0 spiro atoms. The molecule has 3 N–H and O–H groups in total. The summed E-state index contributed by atoms with van der Waals surface area (Å²) in [4.78, 5) is 20.2. The van der Waals surface area contributed by atoms with E-state index in [-0.39, 0.29) is 18.1 Å². The predicted molar refractivity (Wildman–Crippen MR) is 93.1 cm³/mol. The van der Waals surface area contributed by atoms with Gasteiger partial charge < -0.3 is 15.4 Å². The number of amides is 1. The van der Waals surface area contributed by atoms with E-state index < -0.39 is 0 Å². The zero-order chi connectivity index (χ0) is 16.5. The molecule has 2 aromatic carbocycles. The first-order valence-corrected chi connectivity index (χ1v) is 8.25. The van der Waals surface area contributed by atoms with Crippen LogP contribution in [0.2, 0.25) is 0 Å². The zero-order valence-corrected chi connectivity index (χ0v) is 13.2. The van der Waals surface area contributed by atoms with E-state index in [0.717, 1.165) is 22.5 Å². The Hall–Kier alpha value is -2.82. The second kappa shape index (κ2) is 6.00. The number of hydrogen-bond acceptors (Lipinski definition) is 3. The lowest BCUT2D eigenvalue weighted by Gasteiger charge is -2.22. The molecule has 5 heteroatoms. The molecule has 122 valence electrons. The highest BCUT2D eigenvalue weighted by atomic mass is 16.3. The standard InChI is InChI=1S/C19H19N3O2/c23-17-7-2-1-4-13(17)10-18(24)20-14-8-9-15-16(11-14)22-19(21-15)12-5-3-6-12/h1-2,4,7-9,11-12,23H,3,5-6,10H2,(H,20,24)(H,21,22). The first-order chi connectivity index (χ1) is 11.7. The van der Waals surface area contributed by atoms with Gasteiger partial charge in [0.1, 0.15) is 11.6 Å². The number of nitrogens with one attached hydrogen (secondary N) is 2.